The summed E-state index contributed by atoms with van der Waals surface area (Å²) in [6.07, 6.45) is -5.02. The molecule has 0 unspecified atom stereocenters. The molecule has 146 valence electrons. The van der Waals surface area contributed by atoms with Crippen molar-refractivity contribution < 1.29 is 27.1 Å². The van der Waals surface area contributed by atoms with Gasteiger partial charge in [-0.3, -0.25) is 9.59 Å². The number of aromatic nitrogens is 2. The minimum Gasteiger partial charge on any atom is -0.403 e. The molecule has 27 heavy (non-hydrogen) atoms. The lowest BCUT2D eigenvalue weighted by Gasteiger charge is -2.23. The topological polar surface area (TPSA) is 84.1 Å². The average Bonchev–Trinajstić information content (AvgIpc) is 2.52. The number of halogens is 4. The van der Waals surface area contributed by atoms with Crippen LogP contribution >= 0.6 is 0 Å². The molecular weight excluding hydrogens is 370 g/mol. The molecule has 0 radical (unpaired) electrons. The lowest BCUT2D eigenvalue weighted by Crippen LogP contribution is -2.33. The maximum atomic E-state index is 14.0. The predicted octanol–water partition coefficient (Wildman–Crippen LogP) is 3.24. The largest absolute Gasteiger partial charge is 0.573 e. The van der Waals surface area contributed by atoms with Crippen molar-refractivity contribution in [1.82, 2.24) is 15.3 Å². The van der Waals surface area contributed by atoms with Gasteiger partial charge in [0.1, 0.15) is 11.5 Å². The highest BCUT2D eigenvalue weighted by Gasteiger charge is 2.32. The van der Waals surface area contributed by atoms with Crippen LogP contribution < -0.4 is 15.6 Å². The lowest BCUT2D eigenvalue weighted by atomic mass is 9.95. The van der Waals surface area contributed by atoms with Gasteiger partial charge in [-0.15, -0.1) is 13.2 Å². The molecule has 6 nitrogen and oxygen atoms in total. The molecule has 0 aliphatic rings. The molecule has 1 aromatic heterocycles. The van der Waals surface area contributed by atoms with E-state index in [2.05, 4.69) is 20.0 Å². The van der Waals surface area contributed by atoms with Crippen LogP contribution in [0.5, 0.6) is 5.75 Å². The molecule has 2 N–H and O–H groups in total. The van der Waals surface area contributed by atoms with Crippen molar-refractivity contribution in [2.24, 2.45) is 5.92 Å². The molecule has 0 saturated heterocycles. The van der Waals surface area contributed by atoms with Gasteiger partial charge in [-0.1, -0.05) is 19.9 Å². The second-order valence-electron chi connectivity index (χ2n) is 6.15. The van der Waals surface area contributed by atoms with Gasteiger partial charge in [-0.25, -0.2) is 9.37 Å². The number of aromatic amines is 1. The van der Waals surface area contributed by atoms with E-state index in [1.165, 1.54) is 13.0 Å². The molecule has 0 spiro atoms. The maximum absolute atomic E-state index is 14.0. The van der Waals surface area contributed by atoms with Gasteiger partial charge in [0, 0.05) is 6.07 Å². The Kier molecular flexibility index (Phi) is 5.87. The summed E-state index contributed by atoms with van der Waals surface area (Å²) in [4.78, 5) is 30.2. The number of nitrogens with zero attached hydrogens (tertiary/aromatic N) is 1. The highest BCUT2D eigenvalue weighted by molar-refractivity contribution is 5.92. The third-order valence-corrected chi connectivity index (χ3v) is 3.59. The van der Waals surface area contributed by atoms with Gasteiger partial charge in [0.05, 0.1) is 6.04 Å². The van der Waals surface area contributed by atoms with Gasteiger partial charge in [0.15, 0.2) is 11.6 Å². The summed E-state index contributed by atoms with van der Waals surface area (Å²) in [7, 11) is 0. The van der Waals surface area contributed by atoms with Crippen molar-refractivity contribution in [2.75, 3.05) is 0 Å². The van der Waals surface area contributed by atoms with Crippen molar-refractivity contribution in [3.05, 3.63) is 57.5 Å². The Morgan fingerprint density at radius 1 is 1.26 bits per heavy atom. The maximum Gasteiger partial charge on any atom is 0.573 e. The number of H-pyrrole nitrogens is 1. The molecule has 0 saturated carbocycles. The molecule has 2 rings (SSSR count). The van der Waals surface area contributed by atoms with Gasteiger partial charge in [0.2, 0.25) is 0 Å². The van der Waals surface area contributed by atoms with E-state index in [0.29, 0.717) is 0 Å². The number of amides is 1. The van der Waals surface area contributed by atoms with Crippen molar-refractivity contribution in [3.63, 3.8) is 0 Å². The van der Waals surface area contributed by atoms with E-state index < -0.39 is 35.4 Å². The van der Waals surface area contributed by atoms with E-state index in [-0.39, 0.29) is 23.0 Å². The summed E-state index contributed by atoms with van der Waals surface area (Å²) in [6.45, 7) is 4.98. The SMILES string of the molecule is Cc1nc(C(=O)N[C@@H](c2ccc(OC(F)(F)F)c(F)c2)C(C)C)cc(=O)[nH]1. The standard InChI is InChI=1S/C17H17F4N3O3/c1-8(2)15(24-16(26)12-7-14(25)23-9(3)22-12)10-4-5-13(11(18)6-10)27-17(19,20)21/h4-8,15H,1-3H3,(H,24,26)(H,22,23,25)/t15-/m1/s1. The average molecular weight is 387 g/mol. The normalized spacial score (nSPS) is 12.7. The van der Waals surface area contributed by atoms with Crippen LogP contribution in [0.4, 0.5) is 17.6 Å². The highest BCUT2D eigenvalue weighted by atomic mass is 19.4. The van der Waals surface area contributed by atoms with Crippen molar-refractivity contribution in [3.8, 4) is 5.75 Å². The third-order valence-electron chi connectivity index (χ3n) is 3.59. The quantitative estimate of drug-likeness (QED) is 0.772. The summed E-state index contributed by atoms with van der Waals surface area (Å²) in [5.74, 6) is -2.83. The Labute approximate surface area is 151 Å². The number of aryl methyl sites for hydroxylation is 1. The number of rotatable bonds is 5. The number of ether oxygens (including phenoxy) is 1. The number of hydrogen-bond acceptors (Lipinski definition) is 4. The second kappa shape index (κ2) is 7.77. The highest BCUT2D eigenvalue weighted by Crippen LogP contribution is 2.30. The van der Waals surface area contributed by atoms with Crippen LogP contribution in [-0.4, -0.2) is 22.2 Å². The summed E-state index contributed by atoms with van der Waals surface area (Å²) < 4.78 is 54.3. The molecule has 1 aromatic carbocycles. The van der Waals surface area contributed by atoms with E-state index in [1.54, 1.807) is 13.8 Å². The van der Waals surface area contributed by atoms with Crippen LogP contribution in [0.15, 0.2) is 29.1 Å². The van der Waals surface area contributed by atoms with E-state index in [1.807, 2.05) is 0 Å². The van der Waals surface area contributed by atoms with Crippen LogP contribution in [0.25, 0.3) is 0 Å². The first-order valence-corrected chi connectivity index (χ1v) is 7.90. The van der Waals surface area contributed by atoms with Crippen LogP contribution in [0.3, 0.4) is 0 Å². The number of hydrogen-bond donors (Lipinski definition) is 2. The number of carbonyl (C=O) groups excluding carboxylic acids is 1. The van der Waals surface area contributed by atoms with Crippen LogP contribution in [0.1, 0.15) is 41.8 Å². The fraction of sp³-hybridized carbons (Fsp3) is 0.353. The molecule has 10 heteroatoms. The molecule has 0 bridgehead atoms. The van der Waals surface area contributed by atoms with Gasteiger partial charge >= 0.3 is 6.36 Å². The Balaban J connectivity index is 2.28. The molecular formula is C17H17F4N3O3. The van der Waals surface area contributed by atoms with E-state index >= 15 is 0 Å². The zero-order valence-electron chi connectivity index (χ0n) is 14.6. The summed E-state index contributed by atoms with van der Waals surface area (Å²) >= 11 is 0. The summed E-state index contributed by atoms with van der Waals surface area (Å²) in [5, 5.41) is 2.61. The minimum atomic E-state index is -5.02. The number of alkyl halides is 3. The smallest absolute Gasteiger partial charge is 0.403 e. The first-order valence-electron chi connectivity index (χ1n) is 7.90. The van der Waals surface area contributed by atoms with Crippen molar-refractivity contribution >= 4 is 5.91 Å². The van der Waals surface area contributed by atoms with E-state index in [4.69, 9.17) is 0 Å². The minimum absolute atomic E-state index is 0.126. The Morgan fingerprint density at radius 2 is 1.93 bits per heavy atom. The second-order valence-corrected chi connectivity index (χ2v) is 6.15. The predicted molar refractivity (Wildman–Crippen MR) is 87.7 cm³/mol. The van der Waals surface area contributed by atoms with Crippen molar-refractivity contribution in [2.45, 2.75) is 33.2 Å². The number of nitrogens with one attached hydrogen (secondary N) is 2. The molecule has 0 fully saturated rings. The zero-order valence-corrected chi connectivity index (χ0v) is 14.6. The number of benzene rings is 1. The Bertz CT molecular complexity index is 894. The van der Waals surface area contributed by atoms with E-state index in [9.17, 15) is 27.2 Å². The van der Waals surface area contributed by atoms with Gasteiger partial charge in [-0.2, -0.15) is 0 Å². The molecule has 1 atom stereocenters. The Hall–Kier alpha value is -2.91. The first-order chi connectivity index (χ1) is 12.5. The third kappa shape index (κ3) is 5.53. The molecule has 1 heterocycles. The molecule has 2 aromatic rings. The first kappa shape index (κ1) is 20.4. The van der Waals surface area contributed by atoms with Crippen LogP contribution in [0.2, 0.25) is 0 Å². The lowest BCUT2D eigenvalue weighted by molar-refractivity contribution is -0.275. The van der Waals surface area contributed by atoms with Gasteiger partial charge in [-0.05, 0) is 30.5 Å². The monoisotopic (exact) mass is 387 g/mol. The fourth-order valence-electron chi connectivity index (χ4n) is 2.46. The van der Waals surface area contributed by atoms with Gasteiger partial charge < -0.3 is 15.0 Å². The molecule has 0 aliphatic carbocycles. The molecule has 1 amide bonds. The Morgan fingerprint density at radius 3 is 2.44 bits per heavy atom. The summed E-state index contributed by atoms with van der Waals surface area (Å²) in [6, 6.07) is 3.22. The van der Waals surface area contributed by atoms with Crippen molar-refractivity contribution in [1.29, 1.82) is 0 Å². The fourth-order valence-corrected chi connectivity index (χ4v) is 2.46. The molecule has 0 aliphatic heterocycles. The number of carbonyl (C=O) groups is 1. The van der Waals surface area contributed by atoms with Gasteiger partial charge in [0.25, 0.3) is 11.5 Å². The summed E-state index contributed by atoms with van der Waals surface area (Å²) in [5.41, 5.74) is -0.389. The van der Waals surface area contributed by atoms with E-state index in [0.717, 1.165) is 18.2 Å². The van der Waals surface area contributed by atoms with Crippen LogP contribution in [-0.2, 0) is 0 Å². The zero-order chi connectivity index (χ0) is 20.4. The van der Waals surface area contributed by atoms with Crippen LogP contribution in [0, 0.1) is 18.7 Å².